The van der Waals surface area contributed by atoms with Crippen LogP contribution >= 0.6 is 0 Å². The predicted molar refractivity (Wildman–Crippen MR) is 147 cm³/mol. The number of alkyl halides is 2. The van der Waals surface area contributed by atoms with Gasteiger partial charge in [-0.3, -0.25) is 19.1 Å². The number of nitrogens with zero attached hydrogens (tertiary/aromatic N) is 3. The van der Waals surface area contributed by atoms with Crippen molar-refractivity contribution in [2.24, 2.45) is 17.8 Å². The van der Waals surface area contributed by atoms with Gasteiger partial charge in [-0.05, 0) is 88.0 Å². The number of nitrogens with one attached hydrogen (secondary N) is 2. The third kappa shape index (κ3) is 6.59. The molecule has 2 atom stereocenters. The van der Waals surface area contributed by atoms with Crippen LogP contribution in [0.1, 0.15) is 87.3 Å². The highest BCUT2D eigenvalue weighted by Crippen LogP contribution is 2.51. The second-order valence-corrected chi connectivity index (χ2v) is 12.1. The standard InChI is InChI=1S/C30H38F3N5O3/c1-17(2)38-24(10-13-34-38)27(39)36-26(25(19-4-5-19)20-6-7-20)28(40)35-23-9-8-21(16-22(23)31)18(3)29(41)37-14-11-30(32,33)12-15-37/h8-10,13,16-20,25-26H,4-7,11-12,14-15H2,1-3H3,(H,35,40)(H,36,39)/t18-,26-/m0/s1. The van der Waals surface area contributed by atoms with E-state index in [1.165, 1.54) is 17.0 Å². The minimum absolute atomic E-state index is 0.0359. The van der Waals surface area contributed by atoms with Crippen molar-refractivity contribution in [2.45, 2.75) is 83.2 Å². The number of piperidine rings is 1. The van der Waals surface area contributed by atoms with Crippen LogP contribution in [0.25, 0.3) is 0 Å². The number of carbonyl (C=O) groups excluding carboxylic acids is 3. The molecule has 2 aliphatic carbocycles. The van der Waals surface area contributed by atoms with Gasteiger partial charge < -0.3 is 15.5 Å². The summed E-state index contributed by atoms with van der Waals surface area (Å²) in [6.45, 7) is 5.36. The van der Waals surface area contributed by atoms with Crippen LogP contribution in [0.15, 0.2) is 30.5 Å². The van der Waals surface area contributed by atoms with Gasteiger partial charge in [0.05, 0.1) is 11.6 Å². The lowest BCUT2D eigenvalue weighted by Crippen LogP contribution is -2.50. The summed E-state index contributed by atoms with van der Waals surface area (Å²) in [5.74, 6) is -4.79. The van der Waals surface area contributed by atoms with Gasteiger partial charge in [0.15, 0.2) is 0 Å². The fourth-order valence-electron chi connectivity index (χ4n) is 5.93. The summed E-state index contributed by atoms with van der Waals surface area (Å²) in [5.41, 5.74) is 0.700. The van der Waals surface area contributed by atoms with Gasteiger partial charge in [0, 0.05) is 38.2 Å². The molecule has 3 aliphatic rings. The van der Waals surface area contributed by atoms with E-state index in [-0.39, 0.29) is 49.5 Å². The van der Waals surface area contributed by atoms with Crippen molar-refractivity contribution in [3.63, 3.8) is 0 Å². The summed E-state index contributed by atoms with van der Waals surface area (Å²) in [4.78, 5) is 41.2. The van der Waals surface area contributed by atoms with Gasteiger partial charge in [-0.1, -0.05) is 6.07 Å². The maximum absolute atomic E-state index is 15.3. The summed E-state index contributed by atoms with van der Waals surface area (Å²) in [7, 11) is 0. The first kappa shape index (κ1) is 29.1. The molecule has 0 unspecified atom stereocenters. The highest BCUT2D eigenvalue weighted by molar-refractivity contribution is 6.01. The number of hydrogen-bond acceptors (Lipinski definition) is 4. The number of halogens is 3. The second kappa shape index (κ2) is 11.5. The maximum Gasteiger partial charge on any atom is 0.270 e. The summed E-state index contributed by atoms with van der Waals surface area (Å²) in [6.07, 6.45) is 4.76. The average Bonchev–Trinajstić information content (AvgIpc) is 3.87. The largest absolute Gasteiger partial charge is 0.342 e. The second-order valence-electron chi connectivity index (χ2n) is 12.1. The Morgan fingerprint density at radius 2 is 1.63 bits per heavy atom. The van der Waals surface area contributed by atoms with Crippen molar-refractivity contribution in [3.05, 3.63) is 47.5 Å². The normalized spacial score (nSPS) is 20.1. The quantitative estimate of drug-likeness (QED) is 0.412. The first-order chi connectivity index (χ1) is 19.4. The molecule has 2 N–H and O–H groups in total. The lowest BCUT2D eigenvalue weighted by Gasteiger charge is -2.33. The number of hydrogen-bond donors (Lipinski definition) is 2. The zero-order valence-corrected chi connectivity index (χ0v) is 23.7. The van der Waals surface area contributed by atoms with Gasteiger partial charge in [-0.2, -0.15) is 5.10 Å². The monoisotopic (exact) mass is 573 g/mol. The molecule has 8 nitrogen and oxygen atoms in total. The molecule has 41 heavy (non-hydrogen) atoms. The Hall–Kier alpha value is -3.37. The molecule has 1 aromatic carbocycles. The number of amides is 3. The molecule has 1 aliphatic heterocycles. The number of rotatable bonds is 10. The van der Waals surface area contributed by atoms with Crippen molar-refractivity contribution in [3.8, 4) is 0 Å². The highest BCUT2D eigenvalue weighted by atomic mass is 19.3. The number of benzene rings is 1. The van der Waals surface area contributed by atoms with Crippen molar-refractivity contribution in [1.82, 2.24) is 20.0 Å². The smallest absolute Gasteiger partial charge is 0.270 e. The first-order valence-corrected chi connectivity index (χ1v) is 14.6. The van der Waals surface area contributed by atoms with Gasteiger partial charge in [-0.15, -0.1) is 0 Å². The van der Waals surface area contributed by atoms with Crippen molar-refractivity contribution >= 4 is 23.4 Å². The fraction of sp³-hybridized carbons (Fsp3) is 0.600. The Morgan fingerprint density at radius 1 is 1.00 bits per heavy atom. The Balaban J connectivity index is 1.30. The van der Waals surface area contributed by atoms with E-state index in [1.54, 1.807) is 29.9 Å². The zero-order valence-electron chi connectivity index (χ0n) is 23.7. The summed E-state index contributed by atoms with van der Waals surface area (Å²) in [5, 5.41) is 9.85. The lowest BCUT2D eigenvalue weighted by molar-refractivity contribution is -0.138. The summed E-state index contributed by atoms with van der Waals surface area (Å²) < 4.78 is 43.9. The van der Waals surface area contributed by atoms with Crippen LogP contribution in [0.2, 0.25) is 0 Å². The van der Waals surface area contributed by atoms with Crippen molar-refractivity contribution < 1.29 is 27.6 Å². The van der Waals surface area contributed by atoms with Crippen LogP contribution in [0.5, 0.6) is 0 Å². The molecule has 0 spiro atoms. The zero-order chi connectivity index (χ0) is 29.5. The molecule has 0 bridgehead atoms. The van der Waals surface area contributed by atoms with E-state index in [2.05, 4.69) is 15.7 Å². The number of aromatic nitrogens is 2. The molecule has 1 saturated heterocycles. The van der Waals surface area contributed by atoms with Crippen LogP contribution in [-0.2, 0) is 9.59 Å². The Kier molecular flexibility index (Phi) is 8.16. The maximum atomic E-state index is 15.3. The van der Waals surface area contributed by atoms with Gasteiger partial charge in [0.25, 0.3) is 11.8 Å². The molecule has 3 fully saturated rings. The van der Waals surface area contributed by atoms with Crippen LogP contribution in [0.4, 0.5) is 18.9 Å². The molecule has 2 saturated carbocycles. The molecule has 2 heterocycles. The molecular formula is C30H38F3N5O3. The van der Waals surface area contributed by atoms with E-state index in [1.807, 2.05) is 13.8 Å². The Morgan fingerprint density at radius 3 is 2.20 bits per heavy atom. The third-order valence-electron chi connectivity index (χ3n) is 8.61. The van der Waals surface area contributed by atoms with Crippen LogP contribution in [0, 0.1) is 23.6 Å². The van der Waals surface area contributed by atoms with E-state index in [9.17, 15) is 23.2 Å². The molecule has 222 valence electrons. The minimum atomic E-state index is -2.77. The first-order valence-electron chi connectivity index (χ1n) is 14.6. The average molecular weight is 574 g/mol. The number of likely N-dealkylation sites (tertiary alicyclic amines) is 1. The van der Waals surface area contributed by atoms with E-state index in [0.29, 0.717) is 23.1 Å². The number of carbonyl (C=O) groups is 3. The van der Waals surface area contributed by atoms with Gasteiger partial charge >= 0.3 is 0 Å². The van der Waals surface area contributed by atoms with E-state index in [0.717, 1.165) is 25.7 Å². The van der Waals surface area contributed by atoms with Gasteiger partial charge in [0.2, 0.25) is 11.8 Å². The molecular weight excluding hydrogens is 535 g/mol. The third-order valence-corrected chi connectivity index (χ3v) is 8.61. The lowest BCUT2D eigenvalue weighted by atomic mass is 9.88. The molecule has 0 radical (unpaired) electrons. The van der Waals surface area contributed by atoms with Crippen LogP contribution in [-0.4, -0.2) is 57.5 Å². The van der Waals surface area contributed by atoms with Crippen molar-refractivity contribution in [1.29, 1.82) is 0 Å². The van der Waals surface area contributed by atoms with E-state index >= 15 is 4.39 Å². The van der Waals surface area contributed by atoms with Gasteiger partial charge in [-0.25, -0.2) is 13.2 Å². The molecule has 3 amide bonds. The highest BCUT2D eigenvalue weighted by Gasteiger charge is 2.48. The van der Waals surface area contributed by atoms with Gasteiger partial charge in [0.1, 0.15) is 17.6 Å². The summed E-state index contributed by atoms with van der Waals surface area (Å²) >= 11 is 0. The topological polar surface area (TPSA) is 96.3 Å². The Labute approximate surface area is 238 Å². The van der Waals surface area contributed by atoms with E-state index in [4.69, 9.17) is 0 Å². The number of anilines is 1. The molecule has 1 aromatic heterocycles. The SMILES string of the molecule is CC(C)n1nccc1C(=O)N[C@H](C(=O)Nc1ccc([C@H](C)C(=O)N2CCC(F)(F)CC2)cc1F)C(C1CC1)C1CC1. The fourth-order valence-corrected chi connectivity index (χ4v) is 5.93. The summed E-state index contributed by atoms with van der Waals surface area (Å²) in [6, 6.07) is 4.91. The molecule has 2 aromatic rings. The van der Waals surface area contributed by atoms with Crippen molar-refractivity contribution in [2.75, 3.05) is 18.4 Å². The molecule has 11 heteroatoms. The minimum Gasteiger partial charge on any atom is -0.342 e. The Bertz CT molecular complexity index is 1280. The predicted octanol–water partition coefficient (Wildman–Crippen LogP) is 5.14. The van der Waals surface area contributed by atoms with Crippen LogP contribution < -0.4 is 10.6 Å². The van der Waals surface area contributed by atoms with E-state index < -0.39 is 35.5 Å². The van der Waals surface area contributed by atoms with Crippen LogP contribution in [0.3, 0.4) is 0 Å². The molecule has 5 rings (SSSR count).